The zero-order chi connectivity index (χ0) is 12.3. The van der Waals surface area contributed by atoms with Gasteiger partial charge in [0, 0.05) is 12.2 Å². The van der Waals surface area contributed by atoms with Crippen LogP contribution in [-0.2, 0) is 0 Å². The normalized spacial score (nSPS) is 13.6. The highest BCUT2D eigenvalue weighted by Crippen LogP contribution is 2.24. The number of aromatic nitrogens is 1. The van der Waals surface area contributed by atoms with Gasteiger partial charge in [-0.05, 0) is 25.5 Å². The number of nitrogen functional groups attached to an aromatic ring is 1. The number of pyridine rings is 1. The average molecular weight is 233 g/mol. The van der Waals surface area contributed by atoms with Crippen LogP contribution in [0.25, 0.3) is 0 Å². The van der Waals surface area contributed by atoms with Crippen molar-refractivity contribution in [2.45, 2.75) is 32.5 Å². The van der Waals surface area contributed by atoms with Crippen LogP contribution in [0.4, 0.5) is 24.7 Å². The topological polar surface area (TPSA) is 50.9 Å². The van der Waals surface area contributed by atoms with Crippen LogP contribution < -0.4 is 11.1 Å². The van der Waals surface area contributed by atoms with Gasteiger partial charge in [0.25, 0.3) is 0 Å². The lowest BCUT2D eigenvalue weighted by Crippen LogP contribution is -2.24. The fourth-order valence-corrected chi connectivity index (χ4v) is 1.34. The molecule has 0 aliphatic carbocycles. The zero-order valence-corrected chi connectivity index (χ0v) is 9.10. The minimum Gasteiger partial charge on any atom is -0.396 e. The van der Waals surface area contributed by atoms with Crippen LogP contribution >= 0.6 is 0 Å². The first-order valence-corrected chi connectivity index (χ1v) is 4.83. The summed E-state index contributed by atoms with van der Waals surface area (Å²) in [6, 6.07) is 0.910. The molecule has 0 aliphatic rings. The number of halogens is 3. The van der Waals surface area contributed by atoms with E-state index < -0.39 is 18.6 Å². The Balaban J connectivity index is 2.66. The molecule has 3 N–H and O–H groups in total. The number of aryl methyl sites for hydroxylation is 1. The summed E-state index contributed by atoms with van der Waals surface area (Å²) in [5.41, 5.74) is 6.85. The number of anilines is 2. The van der Waals surface area contributed by atoms with E-state index in [4.69, 9.17) is 5.73 Å². The summed E-state index contributed by atoms with van der Waals surface area (Å²) in [6.07, 6.45) is -3.55. The summed E-state index contributed by atoms with van der Waals surface area (Å²) < 4.78 is 36.2. The lowest BCUT2D eigenvalue weighted by Gasteiger charge is -2.17. The van der Waals surface area contributed by atoms with E-state index >= 15 is 0 Å². The van der Waals surface area contributed by atoms with E-state index in [1.807, 2.05) is 6.92 Å². The number of hydrogen-bond acceptors (Lipinski definition) is 3. The molecule has 1 aromatic rings. The zero-order valence-electron chi connectivity index (χ0n) is 9.10. The minimum atomic E-state index is -4.19. The summed E-state index contributed by atoms with van der Waals surface area (Å²) in [4.78, 5) is 3.94. The molecule has 6 heteroatoms. The van der Waals surface area contributed by atoms with Gasteiger partial charge in [-0.2, -0.15) is 13.2 Å². The van der Waals surface area contributed by atoms with Crippen molar-refractivity contribution < 1.29 is 13.2 Å². The highest BCUT2D eigenvalue weighted by molar-refractivity contribution is 5.61. The van der Waals surface area contributed by atoms with Crippen LogP contribution in [0.5, 0.6) is 0 Å². The third-order valence-electron chi connectivity index (χ3n) is 1.97. The van der Waals surface area contributed by atoms with Gasteiger partial charge >= 0.3 is 6.18 Å². The Morgan fingerprint density at radius 1 is 1.50 bits per heavy atom. The first-order valence-electron chi connectivity index (χ1n) is 4.83. The monoisotopic (exact) mass is 233 g/mol. The highest BCUT2D eigenvalue weighted by Gasteiger charge is 2.30. The number of hydrogen-bond donors (Lipinski definition) is 2. The third kappa shape index (κ3) is 3.96. The quantitative estimate of drug-likeness (QED) is 0.843. The Morgan fingerprint density at radius 2 is 2.12 bits per heavy atom. The summed E-state index contributed by atoms with van der Waals surface area (Å²) >= 11 is 0. The molecule has 0 saturated heterocycles. The van der Waals surface area contributed by atoms with Gasteiger partial charge in [-0.25, -0.2) is 4.98 Å². The highest BCUT2D eigenvalue weighted by atomic mass is 19.4. The van der Waals surface area contributed by atoms with Crippen LogP contribution in [0.3, 0.4) is 0 Å². The third-order valence-corrected chi connectivity index (χ3v) is 1.97. The maximum atomic E-state index is 12.1. The van der Waals surface area contributed by atoms with Gasteiger partial charge in [-0.1, -0.05) is 0 Å². The lowest BCUT2D eigenvalue weighted by atomic mass is 10.2. The maximum Gasteiger partial charge on any atom is 0.391 e. The Morgan fingerprint density at radius 3 is 2.62 bits per heavy atom. The van der Waals surface area contributed by atoms with Crippen molar-refractivity contribution in [1.82, 2.24) is 4.98 Å². The van der Waals surface area contributed by atoms with Crippen molar-refractivity contribution in [2.24, 2.45) is 0 Å². The van der Waals surface area contributed by atoms with E-state index in [0.29, 0.717) is 11.5 Å². The molecule has 0 amide bonds. The van der Waals surface area contributed by atoms with Gasteiger partial charge in [0.1, 0.15) is 5.82 Å². The largest absolute Gasteiger partial charge is 0.396 e. The van der Waals surface area contributed by atoms with Crippen molar-refractivity contribution in [1.29, 1.82) is 0 Å². The van der Waals surface area contributed by atoms with Gasteiger partial charge in [0.2, 0.25) is 0 Å². The SMILES string of the molecule is Cc1cnc(NC(C)CC(F)(F)F)c(N)c1. The molecule has 16 heavy (non-hydrogen) atoms. The van der Waals surface area contributed by atoms with Gasteiger partial charge in [0.15, 0.2) is 0 Å². The van der Waals surface area contributed by atoms with E-state index in [0.717, 1.165) is 5.56 Å². The fourth-order valence-electron chi connectivity index (χ4n) is 1.34. The summed E-state index contributed by atoms with van der Waals surface area (Å²) in [7, 11) is 0. The van der Waals surface area contributed by atoms with Crippen LogP contribution in [0.15, 0.2) is 12.3 Å². The molecule has 1 rings (SSSR count). The molecule has 0 saturated carbocycles. The van der Waals surface area contributed by atoms with Crippen LogP contribution in [-0.4, -0.2) is 17.2 Å². The second-order valence-electron chi connectivity index (χ2n) is 3.82. The molecule has 1 aromatic heterocycles. The number of nitrogens with zero attached hydrogens (tertiary/aromatic N) is 1. The number of nitrogens with two attached hydrogens (primary N) is 1. The first-order chi connectivity index (χ1) is 7.28. The van der Waals surface area contributed by atoms with Crippen LogP contribution in [0.2, 0.25) is 0 Å². The lowest BCUT2D eigenvalue weighted by molar-refractivity contribution is -0.136. The van der Waals surface area contributed by atoms with Crippen LogP contribution in [0, 0.1) is 6.92 Å². The minimum absolute atomic E-state index is 0.294. The van der Waals surface area contributed by atoms with Gasteiger partial charge in [-0.15, -0.1) is 0 Å². The van der Waals surface area contributed by atoms with Gasteiger partial charge < -0.3 is 11.1 Å². The Hall–Kier alpha value is -1.46. The Labute approximate surface area is 91.9 Å². The van der Waals surface area contributed by atoms with E-state index in [2.05, 4.69) is 10.3 Å². The Bertz CT molecular complexity index is 363. The van der Waals surface area contributed by atoms with Crippen molar-refractivity contribution in [2.75, 3.05) is 11.1 Å². The van der Waals surface area contributed by atoms with E-state index in [-0.39, 0.29) is 0 Å². The number of nitrogens with one attached hydrogen (secondary N) is 1. The second-order valence-corrected chi connectivity index (χ2v) is 3.82. The molecule has 90 valence electrons. The molecule has 1 heterocycles. The van der Waals surface area contributed by atoms with E-state index in [1.165, 1.54) is 6.92 Å². The Kier molecular flexibility index (Phi) is 3.62. The second kappa shape index (κ2) is 4.59. The molecule has 0 aliphatic heterocycles. The molecular formula is C10H14F3N3. The molecule has 0 radical (unpaired) electrons. The van der Waals surface area contributed by atoms with Crippen molar-refractivity contribution in [3.05, 3.63) is 17.8 Å². The van der Waals surface area contributed by atoms with E-state index in [9.17, 15) is 13.2 Å². The number of alkyl halides is 3. The van der Waals surface area contributed by atoms with Gasteiger partial charge in [-0.3, -0.25) is 0 Å². The smallest absolute Gasteiger partial charge is 0.391 e. The summed E-state index contributed by atoms with van der Waals surface area (Å²) in [6.45, 7) is 3.25. The predicted molar refractivity (Wildman–Crippen MR) is 57.1 cm³/mol. The van der Waals surface area contributed by atoms with Crippen molar-refractivity contribution >= 4 is 11.5 Å². The summed E-state index contributed by atoms with van der Waals surface area (Å²) in [5, 5.41) is 2.64. The summed E-state index contributed by atoms with van der Waals surface area (Å²) in [5.74, 6) is 0.294. The van der Waals surface area contributed by atoms with Crippen LogP contribution in [0.1, 0.15) is 18.9 Å². The molecule has 0 bridgehead atoms. The molecule has 3 nitrogen and oxygen atoms in total. The molecule has 1 atom stereocenters. The molecule has 0 aromatic carbocycles. The maximum absolute atomic E-state index is 12.1. The fraction of sp³-hybridized carbons (Fsp3) is 0.500. The number of rotatable bonds is 3. The first kappa shape index (κ1) is 12.6. The predicted octanol–water partition coefficient (Wildman–Crippen LogP) is 2.73. The van der Waals surface area contributed by atoms with Crippen molar-refractivity contribution in [3.63, 3.8) is 0 Å². The van der Waals surface area contributed by atoms with Crippen molar-refractivity contribution in [3.8, 4) is 0 Å². The molecule has 0 spiro atoms. The van der Waals surface area contributed by atoms with E-state index in [1.54, 1.807) is 12.3 Å². The average Bonchev–Trinajstić information content (AvgIpc) is 2.06. The standard InChI is InChI=1S/C10H14F3N3/c1-6-3-8(14)9(15-5-6)16-7(2)4-10(11,12)13/h3,5,7H,4,14H2,1-2H3,(H,15,16). The van der Waals surface area contributed by atoms with Gasteiger partial charge in [0.05, 0.1) is 12.1 Å². The molecule has 0 fully saturated rings. The molecular weight excluding hydrogens is 219 g/mol. The molecule has 1 unspecified atom stereocenters.